The summed E-state index contributed by atoms with van der Waals surface area (Å²) in [5.41, 5.74) is 6.77. The standard InChI is InChI=1S/C60H54N8O2Si2/c1-58(2,3)71(7,8)69-60-50-34-42-26-18-17-25-41(42)33-49(50)55(67-60)63-53-46-30-38-22-14-16-24-40(38)32-48(46)57(65-53)68(70-72(9,10)59(4,5)6)56-47-31-39-23-15-13-21-37(39)29-45(47)52(64-56)61-51-43-27-35-19-11-12-20-36(35)28-44(43)54(62-51)66-60/h11-34H,1-10H3. The average molecular weight is 975 g/mol. The van der Waals surface area contributed by atoms with Gasteiger partial charge in [-0.05, 0) is 128 Å². The molecule has 1 unspecified atom stereocenters. The highest BCUT2D eigenvalue weighted by Gasteiger charge is 2.52. The van der Waals surface area contributed by atoms with Gasteiger partial charge in [-0.25, -0.2) is 34.9 Å². The largest absolute Gasteiger partial charge is 0.373 e. The molecule has 8 bridgehead atoms. The maximum absolute atomic E-state index is 7.71. The molecular formula is C60H54N8O2Si2. The zero-order valence-corrected chi connectivity index (χ0v) is 44.3. The van der Waals surface area contributed by atoms with Crippen LogP contribution in [0.3, 0.4) is 0 Å². The third-order valence-electron chi connectivity index (χ3n) is 15.9. The number of hydrogen-bond acceptors (Lipinski definition) is 10. The van der Waals surface area contributed by atoms with Crippen LogP contribution in [-0.2, 0) is 14.8 Å². The van der Waals surface area contributed by atoms with E-state index in [4.69, 9.17) is 43.9 Å². The van der Waals surface area contributed by atoms with Crippen molar-refractivity contribution < 1.29 is 8.95 Å². The van der Waals surface area contributed by atoms with Crippen LogP contribution in [0.4, 0.5) is 0 Å². The minimum absolute atomic E-state index is 0.188. The molecule has 10 nitrogen and oxygen atoms in total. The molecule has 0 fully saturated rings. The molecule has 12 heteroatoms. The van der Waals surface area contributed by atoms with Crippen LogP contribution in [0.15, 0.2) is 181 Å². The maximum atomic E-state index is 7.71. The molecule has 72 heavy (non-hydrogen) atoms. The first-order valence-corrected chi connectivity index (χ1v) is 30.6. The Morgan fingerprint density at radius 1 is 0.375 bits per heavy atom. The molecule has 5 aliphatic rings. The first-order valence-electron chi connectivity index (χ1n) is 24.8. The maximum Gasteiger partial charge on any atom is 0.280 e. The van der Waals surface area contributed by atoms with Crippen molar-refractivity contribution in [1.29, 1.82) is 0 Å². The van der Waals surface area contributed by atoms with Gasteiger partial charge in [0.2, 0.25) is 8.32 Å². The fraction of sp³-hybridized carbons (Fsp3) is 0.217. The van der Waals surface area contributed by atoms with Crippen molar-refractivity contribution in [3.63, 3.8) is 0 Å². The van der Waals surface area contributed by atoms with Gasteiger partial charge < -0.3 is 8.95 Å². The van der Waals surface area contributed by atoms with Gasteiger partial charge in [-0.1, -0.05) is 139 Å². The van der Waals surface area contributed by atoms with Crippen molar-refractivity contribution in [2.24, 2.45) is 34.9 Å². The SMILES string of the molecule is CC(C)(C)[Si](C)(C)ON1C2=NC(=NC3=NC(=NC4(O[Si](C)(C)C(C)(C)C)N=C(N=C5N=C1c1cc6ccccc6cc15)c1cc5ccccc5cc14)c1cc4ccccc4cc13)c1cc3ccccc3cc12. The number of amidine groups is 7. The van der Waals surface area contributed by atoms with Crippen LogP contribution in [0.5, 0.6) is 0 Å². The molecule has 0 spiro atoms. The van der Waals surface area contributed by atoms with E-state index in [-0.39, 0.29) is 10.1 Å². The normalized spacial score (nSPS) is 18.3. The summed E-state index contributed by atoms with van der Waals surface area (Å²) in [6.07, 6.45) is 0. The third kappa shape index (κ3) is 6.91. The average Bonchev–Trinajstić information content (AvgIpc) is 4.05. The summed E-state index contributed by atoms with van der Waals surface area (Å²) in [5, 5.41) is 10.00. The molecule has 0 aromatic heterocycles. The number of hydroxylamine groups is 2. The van der Waals surface area contributed by atoms with Crippen molar-refractivity contribution in [2.45, 2.75) is 83.7 Å². The second-order valence-corrected chi connectivity index (χ2v) is 32.1. The highest BCUT2D eigenvalue weighted by atomic mass is 28.4. The molecule has 0 aliphatic carbocycles. The summed E-state index contributed by atoms with van der Waals surface area (Å²) in [4.78, 5) is 39.2. The Hall–Kier alpha value is -7.36. The number of nitrogens with zero attached hydrogens (tertiary/aromatic N) is 8. The lowest BCUT2D eigenvalue weighted by molar-refractivity contribution is 0.0727. The second kappa shape index (κ2) is 15.3. The van der Waals surface area contributed by atoms with Gasteiger partial charge in [-0.2, -0.15) is 5.06 Å². The molecule has 0 N–H and O–H groups in total. The summed E-state index contributed by atoms with van der Waals surface area (Å²) in [5.74, 6) is 2.05. The van der Waals surface area contributed by atoms with Gasteiger partial charge in [0, 0.05) is 44.5 Å². The Morgan fingerprint density at radius 2 is 0.681 bits per heavy atom. The highest BCUT2D eigenvalue weighted by Crippen LogP contribution is 2.49. The topological polar surface area (TPSA) is 108 Å². The van der Waals surface area contributed by atoms with Gasteiger partial charge in [-0.3, -0.25) is 0 Å². The lowest BCUT2D eigenvalue weighted by Gasteiger charge is -2.41. The van der Waals surface area contributed by atoms with E-state index in [2.05, 4.69) is 213 Å². The van der Waals surface area contributed by atoms with Gasteiger partial charge in [-0.15, -0.1) is 0 Å². The number of hydrogen-bond donors (Lipinski definition) is 0. The van der Waals surface area contributed by atoms with Crippen LogP contribution in [0.25, 0.3) is 43.1 Å². The summed E-state index contributed by atoms with van der Waals surface area (Å²) in [6, 6.07) is 51.1. The number of benzene rings is 8. The van der Waals surface area contributed by atoms with Crippen molar-refractivity contribution in [3.8, 4) is 0 Å². The van der Waals surface area contributed by atoms with Gasteiger partial charge in [0.05, 0.1) is 0 Å². The summed E-state index contributed by atoms with van der Waals surface area (Å²) < 4.78 is 15.3. The zero-order valence-electron chi connectivity index (χ0n) is 42.3. The fourth-order valence-corrected chi connectivity index (χ4v) is 11.9. The minimum Gasteiger partial charge on any atom is -0.373 e. The van der Waals surface area contributed by atoms with Crippen molar-refractivity contribution in [1.82, 2.24) is 5.06 Å². The van der Waals surface area contributed by atoms with Gasteiger partial charge in [0.15, 0.2) is 49.2 Å². The van der Waals surface area contributed by atoms with E-state index in [1.165, 1.54) is 0 Å². The van der Waals surface area contributed by atoms with Crippen molar-refractivity contribution in [2.75, 3.05) is 0 Å². The zero-order chi connectivity index (χ0) is 49.7. The molecule has 354 valence electrons. The predicted octanol–water partition coefficient (Wildman–Crippen LogP) is 14.1. The van der Waals surface area contributed by atoms with Crippen LogP contribution in [0.1, 0.15) is 86.1 Å². The fourth-order valence-electron chi connectivity index (χ4n) is 9.78. The lowest BCUT2D eigenvalue weighted by atomic mass is 9.98. The first-order chi connectivity index (χ1) is 34.3. The second-order valence-electron chi connectivity index (χ2n) is 22.6. The Kier molecular flexibility index (Phi) is 9.49. The van der Waals surface area contributed by atoms with E-state index in [9.17, 15) is 0 Å². The van der Waals surface area contributed by atoms with E-state index >= 15 is 0 Å². The van der Waals surface area contributed by atoms with Crippen LogP contribution in [0, 0.1) is 0 Å². The smallest absolute Gasteiger partial charge is 0.280 e. The summed E-state index contributed by atoms with van der Waals surface area (Å²) >= 11 is 0. The van der Waals surface area contributed by atoms with Crippen molar-refractivity contribution in [3.05, 3.63) is 190 Å². The van der Waals surface area contributed by atoms with Crippen LogP contribution in [-0.4, -0.2) is 62.5 Å². The monoisotopic (exact) mass is 974 g/mol. The Labute approximate surface area is 421 Å². The van der Waals surface area contributed by atoms with Crippen molar-refractivity contribution >= 4 is 101 Å². The number of rotatable bonds is 4. The van der Waals surface area contributed by atoms with E-state index in [0.29, 0.717) is 40.8 Å². The van der Waals surface area contributed by atoms with Gasteiger partial charge in [0.1, 0.15) is 0 Å². The van der Waals surface area contributed by atoms with E-state index in [0.717, 1.165) is 87.6 Å². The predicted molar refractivity (Wildman–Crippen MR) is 302 cm³/mol. The molecular weight excluding hydrogens is 921 g/mol. The first kappa shape index (κ1) is 44.6. The van der Waals surface area contributed by atoms with Crippen LogP contribution in [0.2, 0.25) is 36.3 Å². The van der Waals surface area contributed by atoms with E-state index < -0.39 is 22.5 Å². The molecule has 13 rings (SSSR count). The molecule has 1 atom stereocenters. The quantitative estimate of drug-likeness (QED) is 0.164. The third-order valence-corrected chi connectivity index (χ3v) is 24.5. The molecule has 5 heterocycles. The molecule has 0 saturated carbocycles. The minimum atomic E-state index is -2.71. The van der Waals surface area contributed by atoms with Crippen LogP contribution < -0.4 is 0 Å². The number of aliphatic imine (C=N–C) groups is 7. The molecule has 0 amide bonds. The lowest BCUT2D eigenvalue weighted by Crippen LogP contribution is -2.50. The van der Waals surface area contributed by atoms with E-state index in [1.807, 2.05) is 5.06 Å². The molecule has 5 aliphatic heterocycles. The summed E-state index contributed by atoms with van der Waals surface area (Å²) in [7, 11) is -5.37. The molecule has 8 aromatic carbocycles. The Bertz CT molecular complexity index is 3980. The summed E-state index contributed by atoms with van der Waals surface area (Å²) in [6.45, 7) is 22.5. The number of fused-ring (bicyclic) bond motifs is 20. The van der Waals surface area contributed by atoms with E-state index in [1.54, 1.807) is 0 Å². The highest BCUT2D eigenvalue weighted by molar-refractivity contribution is 6.74. The van der Waals surface area contributed by atoms with Gasteiger partial charge in [0.25, 0.3) is 5.85 Å². The Morgan fingerprint density at radius 3 is 1.08 bits per heavy atom. The molecule has 0 radical (unpaired) electrons. The Balaban J connectivity index is 1.19. The molecule has 0 saturated heterocycles. The van der Waals surface area contributed by atoms with Crippen LogP contribution >= 0.6 is 0 Å². The van der Waals surface area contributed by atoms with Gasteiger partial charge >= 0.3 is 0 Å². The molecule has 8 aromatic rings.